The van der Waals surface area contributed by atoms with Gasteiger partial charge in [-0.05, 0) is 56.8 Å². The average molecular weight is 222 g/mol. The molecule has 0 amide bonds. The van der Waals surface area contributed by atoms with Crippen LogP contribution in [-0.4, -0.2) is 23.9 Å². The molecule has 4 rings (SSSR count). The van der Waals surface area contributed by atoms with Crippen molar-refractivity contribution < 1.29 is 9.47 Å². The third-order valence-corrected chi connectivity index (χ3v) is 5.67. The van der Waals surface area contributed by atoms with Gasteiger partial charge in [-0.15, -0.1) is 0 Å². The second-order valence-electron chi connectivity index (χ2n) is 6.35. The van der Waals surface area contributed by atoms with Gasteiger partial charge in [0, 0.05) is 0 Å². The van der Waals surface area contributed by atoms with Crippen LogP contribution in [0.4, 0.5) is 0 Å². The first-order valence-corrected chi connectivity index (χ1v) is 7.14. The number of hydrogen-bond donors (Lipinski definition) is 0. The molecule has 6 atom stereocenters. The first-order chi connectivity index (χ1) is 7.81. The van der Waals surface area contributed by atoms with Crippen LogP contribution in [0.1, 0.15) is 51.9 Å². The minimum Gasteiger partial charge on any atom is -0.370 e. The van der Waals surface area contributed by atoms with E-state index in [0.717, 1.165) is 11.8 Å². The van der Waals surface area contributed by atoms with E-state index < -0.39 is 0 Å². The van der Waals surface area contributed by atoms with Gasteiger partial charge in [-0.3, -0.25) is 0 Å². The number of ether oxygens (including phenoxy) is 2. The molecule has 2 saturated carbocycles. The van der Waals surface area contributed by atoms with Gasteiger partial charge in [0.15, 0.2) is 0 Å². The van der Waals surface area contributed by atoms with Crippen molar-refractivity contribution in [3.63, 3.8) is 0 Å². The van der Waals surface area contributed by atoms with Crippen LogP contribution in [-0.2, 0) is 9.47 Å². The quantitative estimate of drug-likeness (QED) is 0.671. The molecule has 0 bridgehead atoms. The van der Waals surface area contributed by atoms with E-state index in [1.54, 1.807) is 0 Å². The maximum Gasteiger partial charge on any atom is 0.0946 e. The molecule has 0 aromatic heterocycles. The Labute approximate surface area is 97.7 Å². The molecular formula is C14H22O2. The maximum atomic E-state index is 5.94. The molecule has 0 N–H and O–H groups in total. The number of rotatable bonds is 2. The smallest absolute Gasteiger partial charge is 0.0946 e. The lowest BCUT2D eigenvalue weighted by Gasteiger charge is -2.32. The van der Waals surface area contributed by atoms with Gasteiger partial charge in [0.1, 0.15) is 0 Å². The van der Waals surface area contributed by atoms with Crippen LogP contribution in [0.3, 0.4) is 0 Å². The summed E-state index contributed by atoms with van der Waals surface area (Å²) < 4.78 is 11.6. The summed E-state index contributed by atoms with van der Waals surface area (Å²) in [5.41, 5.74) is 0.337. The Morgan fingerprint density at radius 3 is 2.69 bits per heavy atom. The fraction of sp³-hybridized carbons (Fsp3) is 1.00. The van der Waals surface area contributed by atoms with Crippen molar-refractivity contribution in [1.29, 1.82) is 0 Å². The molecule has 2 aliphatic carbocycles. The minimum absolute atomic E-state index is 0.337. The summed E-state index contributed by atoms with van der Waals surface area (Å²) in [5.74, 6) is 1.89. The molecule has 0 radical (unpaired) electrons. The van der Waals surface area contributed by atoms with Crippen molar-refractivity contribution in [2.24, 2.45) is 11.8 Å². The first kappa shape index (κ1) is 9.90. The van der Waals surface area contributed by atoms with E-state index in [2.05, 4.69) is 6.92 Å². The summed E-state index contributed by atoms with van der Waals surface area (Å²) in [6.45, 7) is 2.28. The molecule has 4 aliphatic rings. The molecule has 6 unspecified atom stereocenters. The molecule has 4 fully saturated rings. The molecule has 2 heterocycles. The highest BCUT2D eigenvalue weighted by molar-refractivity contribution is 5.07. The minimum atomic E-state index is 0.337. The van der Waals surface area contributed by atoms with E-state index in [-0.39, 0.29) is 0 Å². The van der Waals surface area contributed by atoms with Crippen LogP contribution < -0.4 is 0 Å². The lowest BCUT2D eigenvalue weighted by Crippen LogP contribution is -2.30. The van der Waals surface area contributed by atoms with E-state index in [1.165, 1.54) is 44.9 Å². The van der Waals surface area contributed by atoms with Gasteiger partial charge in [-0.25, -0.2) is 0 Å². The SMILES string of the molecule is CCC12CCC(C3CCC4OC4C3)CC1O2. The zero-order valence-electron chi connectivity index (χ0n) is 10.2. The Bertz CT molecular complexity index is 303. The second-order valence-corrected chi connectivity index (χ2v) is 6.35. The van der Waals surface area contributed by atoms with Crippen molar-refractivity contribution in [2.75, 3.05) is 0 Å². The lowest BCUT2D eigenvalue weighted by atomic mass is 9.70. The van der Waals surface area contributed by atoms with Gasteiger partial charge in [0.05, 0.1) is 23.9 Å². The van der Waals surface area contributed by atoms with Crippen LogP contribution in [0.25, 0.3) is 0 Å². The van der Waals surface area contributed by atoms with Crippen LogP contribution in [0.2, 0.25) is 0 Å². The van der Waals surface area contributed by atoms with Gasteiger partial charge >= 0.3 is 0 Å². The third-order valence-electron chi connectivity index (χ3n) is 5.67. The highest BCUT2D eigenvalue weighted by Crippen LogP contribution is 2.55. The van der Waals surface area contributed by atoms with Crippen molar-refractivity contribution in [3.8, 4) is 0 Å². The summed E-state index contributed by atoms with van der Waals surface area (Å²) >= 11 is 0. The summed E-state index contributed by atoms with van der Waals surface area (Å²) in [6.07, 6.45) is 11.3. The van der Waals surface area contributed by atoms with E-state index in [9.17, 15) is 0 Å². The van der Waals surface area contributed by atoms with Crippen molar-refractivity contribution in [3.05, 3.63) is 0 Å². The van der Waals surface area contributed by atoms with Crippen molar-refractivity contribution in [2.45, 2.75) is 75.8 Å². The molecule has 2 heteroatoms. The van der Waals surface area contributed by atoms with Crippen molar-refractivity contribution in [1.82, 2.24) is 0 Å². The highest BCUT2D eigenvalue weighted by Gasteiger charge is 2.58. The average Bonchev–Trinajstić information content (AvgIpc) is 3.21. The van der Waals surface area contributed by atoms with Crippen LogP contribution in [0.5, 0.6) is 0 Å². The standard InChI is InChI=1S/C14H22O2/c1-2-14-6-5-10(8-13(14)16-14)9-3-4-11-12(7-9)15-11/h9-13H,2-8H2,1H3. The molecule has 16 heavy (non-hydrogen) atoms. The normalized spacial score (nSPS) is 58.7. The fourth-order valence-electron chi connectivity index (χ4n) is 4.33. The van der Waals surface area contributed by atoms with E-state index >= 15 is 0 Å². The van der Waals surface area contributed by atoms with Gasteiger partial charge < -0.3 is 9.47 Å². The van der Waals surface area contributed by atoms with Crippen LogP contribution in [0.15, 0.2) is 0 Å². The number of epoxide rings is 2. The predicted octanol–water partition coefficient (Wildman–Crippen LogP) is 2.90. The second kappa shape index (κ2) is 3.23. The lowest BCUT2D eigenvalue weighted by molar-refractivity contribution is 0.202. The molecule has 2 aliphatic heterocycles. The monoisotopic (exact) mass is 222 g/mol. The Hall–Kier alpha value is -0.0800. The topological polar surface area (TPSA) is 25.1 Å². The number of hydrogen-bond acceptors (Lipinski definition) is 2. The molecule has 90 valence electrons. The van der Waals surface area contributed by atoms with Gasteiger partial charge in [0.2, 0.25) is 0 Å². The van der Waals surface area contributed by atoms with Crippen LogP contribution >= 0.6 is 0 Å². The largest absolute Gasteiger partial charge is 0.370 e. The first-order valence-electron chi connectivity index (χ1n) is 7.14. The molecule has 0 aromatic carbocycles. The molecule has 0 spiro atoms. The molecule has 2 nitrogen and oxygen atoms in total. The third kappa shape index (κ3) is 1.39. The van der Waals surface area contributed by atoms with Gasteiger partial charge in [-0.2, -0.15) is 0 Å². The highest BCUT2D eigenvalue weighted by atomic mass is 16.6. The van der Waals surface area contributed by atoms with Crippen LogP contribution in [0, 0.1) is 11.8 Å². The zero-order chi connectivity index (χ0) is 10.8. The molecule has 2 saturated heterocycles. The van der Waals surface area contributed by atoms with Crippen molar-refractivity contribution >= 4 is 0 Å². The Kier molecular flexibility index (Phi) is 2.00. The predicted molar refractivity (Wildman–Crippen MR) is 61.2 cm³/mol. The summed E-state index contributed by atoms with van der Waals surface area (Å²) in [6, 6.07) is 0. The van der Waals surface area contributed by atoms with E-state index in [4.69, 9.17) is 9.47 Å². The summed E-state index contributed by atoms with van der Waals surface area (Å²) in [7, 11) is 0. The Morgan fingerprint density at radius 2 is 1.94 bits per heavy atom. The number of fused-ring (bicyclic) bond motifs is 2. The van der Waals surface area contributed by atoms with Gasteiger partial charge in [-0.1, -0.05) is 6.92 Å². The fourth-order valence-corrected chi connectivity index (χ4v) is 4.33. The molecular weight excluding hydrogens is 200 g/mol. The van der Waals surface area contributed by atoms with E-state index in [1.807, 2.05) is 0 Å². The summed E-state index contributed by atoms with van der Waals surface area (Å²) in [5, 5.41) is 0. The Balaban J connectivity index is 1.39. The summed E-state index contributed by atoms with van der Waals surface area (Å²) in [4.78, 5) is 0. The Morgan fingerprint density at radius 1 is 1.06 bits per heavy atom. The maximum absolute atomic E-state index is 5.94. The van der Waals surface area contributed by atoms with Gasteiger partial charge in [0.25, 0.3) is 0 Å². The zero-order valence-corrected chi connectivity index (χ0v) is 10.2. The molecule has 0 aromatic rings. The van der Waals surface area contributed by atoms with E-state index in [0.29, 0.717) is 23.9 Å².